The lowest BCUT2D eigenvalue weighted by atomic mass is 10.1. The molecule has 1 aromatic carbocycles. The van der Waals surface area contributed by atoms with Crippen molar-refractivity contribution in [1.82, 2.24) is 0 Å². The van der Waals surface area contributed by atoms with Gasteiger partial charge in [0.05, 0.1) is 6.61 Å². The second-order valence-corrected chi connectivity index (χ2v) is 5.63. The minimum absolute atomic E-state index is 0.259. The Hall–Kier alpha value is -1.51. The van der Waals surface area contributed by atoms with Crippen molar-refractivity contribution in [3.8, 4) is 5.75 Å². The van der Waals surface area contributed by atoms with E-state index in [2.05, 4.69) is 6.92 Å². The lowest BCUT2D eigenvalue weighted by molar-refractivity contribution is 0.0692. The summed E-state index contributed by atoms with van der Waals surface area (Å²) in [4.78, 5) is 11.2. The van der Waals surface area contributed by atoms with E-state index in [1.54, 1.807) is 12.1 Å². The summed E-state index contributed by atoms with van der Waals surface area (Å²) in [7, 11) is 0. The molecule has 118 valence electrons. The van der Waals surface area contributed by atoms with E-state index in [9.17, 15) is 4.79 Å². The molecule has 0 saturated carbocycles. The molecule has 3 nitrogen and oxygen atoms in total. The Bertz CT molecular complexity index is 426. The topological polar surface area (TPSA) is 46.5 Å². The Morgan fingerprint density at radius 1 is 1.05 bits per heavy atom. The zero-order chi connectivity index (χ0) is 15.5. The molecular weight excluding hydrogens is 264 g/mol. The number of carboxylic acids is 1. The van der Waals surface area contributed by atoms with Crippen molar-refractivity contribution < 1.29 is 14.6 Å². The summed E-state index contributed by atoms with van der Waals surface area (Å²) < 4.78 is 5.62. The van der Waals surface area contributed by atoms with Crippen LogP contribution >= 0.6 is 0 Å². The highest BCUT2D eigenvalue weighted by molar-refractivity contribution is 5.91. The van der Waals surface area contributed by atoms with Crippen molar-refractivity contribution >= 4 is 5.97 Å². The predicted octanol–water partition coefficient (Wildman–Crippen LogP) is 5.21. The van der Waals surface area contributed by atoms with Gasteiger partial charge in [-0.05, 0) is 25.5 Å². The molecule has 0 unspecified atom stereocenters. The van der Waals surface area contributed by atoms with E-state index in [0.29, 0.717) is 12.4 Å². The van der Waals surface area contributed by atoms with Gasteiger partial charge in [-0.2, -0.15) is 0 Å². The van der Waals surface area contributed by atoms with Gasteiger partial charge < -0.3 is 9.84 Å². The van der Waals surface area contributed by atoms with Gasteiger partial charge in [0.15, 0.2) is 0 Å². The molecule has 0 amide bonds. The molecule has 21 heavy (non-hydrogen) atoms. The van der Waals surface area contributed by atoms with Gasteiger partial charge in [0.25, 0.3) is 0 Å². The first-order valence-electron chi connectivity index (χ1n) is 8.12. The molecule has 0 aliphatic rings. The average molecular weight is 292 g/mol. The van der Waals surface area contributed by atoms with E-state index in [-0.39, 0.29) is 5.56 Å². The summed E-state index contributed by atoms with van der Waals surface area (Å²) in [5, 5.41) is 9.15. The van der Waals surface area contributed by atoms with Crippen LogP contribution in [0.25, 0.3) is 0 Å². The Morgan fingerprint density at radius 3 is 2.29 bits per heavy atom. The molecule has 0 atom stereocenters. The van der Waals surface area contributed by atoms with Gasteiger partial charge >= 0.3 is 5.97 Å². The fourth-order valence-corrected chi connectivity index (χ4v) is 2.35. The van der Waals surface area contributed by atoms with Gasteiger partial charge in [-0.3, -0.25) is 0 Å². The number of hydrogen-bond donors (Lipinski definition) is 1. The molecule has 0 aromatic heterocycles. The summed E-state index contributed by atoms with van der Waals surface area (Å²) in [6.45, 7) is 4.71. The highest BCUT2D eigenvalue weighted by atomic mass is 16.5. The number of unbranched alkanes of at least 4 members (excludes halogenated alkanes) is 7. The minimum atomic E-state index is -0.926. The van der Waals surface area contributed by atoms with E-state index in [0.717, 1.165) is 18.4 Å². The SMILES string of the molecule is CCCCCCCCCCOc1ccc(C)cc1C(=O)O. The second kappa shape index (κ2) is 10.3. The Kier molecular flexibility index (Phi) is 8.56. The second-order valence-electron chi connectivity index (χ2n) is 5.63. The molecule has 0 heterocycles. The van der Waals surface area contributed by atoms with Crippen LogP contribution in [0.4, 0.5) is 0 Å². The predicted molar refractivity (Wildman–Crippen MR) is 86.2 cm³/mol. The number of benzene rings is 1. The third-order valence-electron chi connectivity index (χ3n) is 3.62. The lowest BCUT2D eigenvalue weighted by Gasteiger charge is -2.09. The number of aryl methyl sites for hydroxylation is 1. The molecule has 0 saturated heterocycles. The number of ether oxygens (including phenoxy) is 1. The molecule has 0 aliphatic carbocycles. The molecule has 1 rings (SSSR count). The molecule has 1 N–H and O–H groups in total. The van der Waals surface area contributed by atoms with Gasteiger partial charge in [0.1, 0.15) is 11.3 Å². The minimum Gasteiger partial charge on any atom is -0.493 e. The first-order valence-corrected chi connectivity index (χ1v) is 8.12. The molecule has 0 radical (unpaired) electrons. The van der Waals surface area contributed by atoms with Gasteiger partial charge in [0, 0.05) is 0 Å². The van der Waals surface area contributed by atoms with E-state index in [4.69, 9.17) is 9.84 Å². The Morgan fingerprint density at radius 2 is 1.67 bits per heavy atom. The number of aromatic carboxylic acids is 1. The maximum absolute atomic E-state index is 11.2. The van der Waals surface area contributed by atoms with Crippen molar-refractivity contribution in [1.29, 1.82) is 0 Å². The van der Waals surface area contributed by atoms with Crippen LogP contribution in [0.2, 0.25) is 0 Å². The standard InChI is InChI=1S/C18H28O3/c1-3-4-5-6-7-8-9-10-13-21-17-12-11-15(2)14-16(17)18(19)20/h11-12,14H,3-10,13H2,1-2H3,(H,19,20). The van der Waals surface area contributed by atoms with Crippen LogP contribution in [0, 0.1) is 6.92 Å². The fourth-order valence-electron chi connectivity index (χ4n) is 2.35. The van der Waals surface area contributed by atoms with E-state index < -0.39 is 5.97 Å². The summed E-state index contributed by atoms with van der Waals surface area (Å²) >= 11 is 0. The zero-order valence-corrected chi connectivity index (χ0v) is 13.4. The smallest absolute Gasteiger partial charge is 0.339 e. The number of carbonyl (C=O) groups is 1. The Balaban J connectivity index is 2.20. The zero-order valence-electron chi connectivity index (χ0n) is 13.4. The summed E-state index contributed by atoms with van der Waals surface area (Å²) in [6, 6.07) is 5.30. The maximum atomic E-state index is 11.2. The van der Waals surface area contributed by atoms with Gasteiger partial charge in [-0.1, -0.05) is 63.5 Å². The first-order chi connectivity index (χ1) is 10.1. The number of carboxylic acid groups (broad SMARTS) is 1. The largest absolute Gasteiger partial charge is 0.493 e. The van der Waals surface area contributed by atoms with E-state index in [1.165, 1.54) is 38.5 Å². The highest BCUT2D eigenvalue weighted by Crippen LogP contribution is 2.20. The average Bonchev–Trinajstić information content (AvgIpc) is 2.46. The van der Waals surface area contributed by atoms with Crippen LogP contribution in [-0.2, 0) is 0 Å². The molecule has 0 fully saturated rings. The molecule has 0 spiro atoms. The molecule has 1 aromatic rings. The van der Waals surface area contributed by atoms with E-state index in [1.807, 2.05) is 13.0 Å². The monoisotopic (exact) mass is 292 g/mol. The van der Waals surface area contributed by atoms with Crippen LogP contribution < -0.4 is 4.74 Å². The summed E-state index contributed by atoms with van der Waals surface area (Å²) in [6.07, 6.45) is 9.98. The molecule has 0 bridgehead atoms. The molecule has 3 heteroatoms. The van der Waals surface area contributed by atoms with Crippen LogP contribution in [0.5, 0.6) is 5.75 Å². The van der Waals surface area contributed by atoms with Gasteiger partial charge in [-0.25, -0.2) is 4.79 Å². The third-order valence-corrected chi connectivity index (χ3v) is 3.62. The first kappa shape index (κ1) is 17.5. The van der Waals surface area contributed by atoms with Crippen LogP contribution in [0.1, 0.15) is 74.2 Å². The summed E-state index contributed by atoms with van der Waals surface area (Å²) in [5.41, 5.74) is 1.20. The van der Waals surface area contributed by atoms with Crippen LogP contribution in [-0.4, -0.2) is 17.7 Å². The van der Waals surface area contributed by atoms with Crippen molar-refractivity contribution in [3.63, 3.8) is 0 Å². The third kappa shape index (κ3) is 7.16. The van der Waals surface area contributed by atoms with Gasteiger partial charge in [-0.15, -0.1) is 0 Å². The Labute approximate surface area is 128 Å². The van der Waals surface area contributed by atoms with Gasteiger partial charge in [0.2, 0.25) is 0 Å². The highest BCUT2D eigenvalue weighted by Gasteiger charge is 2.11. The van der Waals surface area contributed by atoms with Crippen molar-refractivity contribution in [2.24, 2.45) is 0 Å². The normalized spacial score (nSPS) is 10.6. The van der Waals surface area contributed by atoms with Crippen molar-refractivity contribution in [2.75, 3.05) is 6.61 Å². The molecular formula is C18H28O3. The fraction of sp³-hybridized carbons (Fsp3) is 0.611. The van der Waals surface area contributed by atoms with E-state index >= 15 is 0 Å². The van der Waals surface area contributed by atoms with Crippen LogP contribution in [0.15, 0.2) is 18.2 Å². The van der Waals surface area contributed by atoms with Crippen molar-refractivity contribution in [3.05, 3.63) is 29.3 Å². The van der Waals surface area contributed by atoms with Crippen molar-refractivity contribution in [2.45, 2.75) is 65.2 Å². The van der Waals surface area contributed by atoms with Crippen LogP contribution in [0.3, 0.4) is 0 Å². The quantitative estimate of drug-likeness (QED) is 0.569. The molecule has 0 aliphatic heterocycles. The maximum Gasteiger partial charge on any atom is 0.339 e. The number of hydrogen-bond acceptors (Lipinski definition) is 2. The number of rotatable bonds is 11. The summed E-state index contributed by atoms with van der Waals surface area (Å²) in [5.74, 6) is -0.444. The lowest BCUT2D eigenvalue weighted by Crippen LogP contribution is -2.05.